The first kappa shape index (κ1) is 19.2. The highest BCUT2D eigenvalue weighted by atomic mass is 79.9. The zero-order chi connectivity index (χ0) is 19.2. The molecular weight excluding hydrogens is 432 g/mol. The molecule has 1 saturated heterocycles. The maximum Gasteiger partial charge on any atom is 0.293 e. The van der Waals surface area contributed by atoms with Gasteiger partial charge in [0.1, 0.15) is 5.76 Å². The Hall–Kier alpha value is -2.58. The molecule has 1 aromatic heterocycles. The van der Waals surface area contributed by atoms with Gasteiger partial charge in [0.05, 0.1) is 4.91 Å². The maximum absolute atomic E-state index is 12.4. The molecular formula is C19H15BrN2O4S. The van der Waals surface area contributed by atoms with Gasteiger partial charge in [-0.15, -0.1) is 0 Å². The van der Waals surface area contributed by atoms with Gasteiger partial charge in [0.25, 0.3) is 11.1 Å². The lowest BCUT2D eigenvalue weighted by Gasteiger charge is -2.12. The molecule has 1 aliphatic heterocycles. The Kier molecular flexibility index (Phi) is 6.31. The van der Waals surface area contributed by atoms with Crippen LogP contribution < -0.4 is 5.32 Å². The molecule has 2 aromatic rings. The molecule has 27 heavy (non-hydrogen) atoms. The zero-order valence-corrected chi connectivity index (χ0v) is 16.5. The zero-order valence-electron chi connectivity index (χ0n) is 14.1. The van der Waals surface area contributed by atoms with Gasteiger partial charge in [0.15, 0.2) is 4.67 Å². The van der Waals surface area contributed by atoms with E-state index in [0.717, 1.165) is 22.2 Å². The second-order valence-corrected chi connectivity index (χ2v) is 7.29. The third kappa shape index (κ3) is 5.21. The smallest absolute Gasteiger partial charge is 0.293 e. The van der Waals surface area contributed by atoms with Gasteiger partial charge in [0, 0.05) is 19.2 Å². The van der Waals surface area contributed by atoms with E-state index in [2.05, 4.69) is 21.2 Å². The number of furan rings is 1. The van der Waals surface area contributed by atoms with Crippen molar-refractivity contribution < 1.29 is 18.8 Å². The van der Waals surface area contributed by atoms with Crippen LogP contribution in [-0.4, -0.2) is 35.0 Å². The quantitative estimate of drug-likeness (QED) is 0.680. The van der Waals surface area contributed by atoms with Crippen molar-refractivity contribution in [2.75, 3.05) is 13.1 Å². The number of hydrogen-bond donors (Lipinski definition) is 1. The molecule has 0 bridgehead atoms. The Morgan fingerprint density at radius 1 is 1.19 bits per heavy atom. The lowest BCUT2D eigenvalue weighted by atomic mass is 10.2. The van der Waals surface area contributed by atoms with Gasteiger partial charge in [-0.2, -0.15) is 0 Å². The van der Waals surface area contributed by atoms with Gasteiger partial charge in [-0.3, -0.25) is 19.3 Å². The summed E-state index contributed by atoms with van der Waals surface area (Å²) in [5.74, 6) is -0.151. The van der Waals surface area contributed by atoms with Gasteiger partial charge < -0.3 is 9.73 Å². The first-order chi connectivity index (χ1) is 13.0. The molecule has 0 atom stereocenters. The van der Waals surface area contributed by atoms with Crippen LogP contribution in [-0.2, 0) is 9.59 Å². The number of imide groups is 1. The minimum absolute atomic E-state index is 0.114. The molecule has 1 N–H and O–H groups in total. The van der Waals surface area contributed by atoms with Crippen LogP contribution in [0, 0.1) is 0 Å². The maximum atomic E-state index is 12.4. The molecule has 138 valence electrons. The van der Waals surface area contributed by atoms with E-state index in [1.54, 1.807) is 18.2 Å². The van der Waals surface area contributed by atoms with Gasteiger partial charge in [0.2, 0.25) is 5.91 Å². The standard InChI is InChI=1S/C19H15BrN2O4S/c20-16-8-6-14(26-16)7-9-17(23)21-10-11-22-18(24)15(27-19(22)25)12-13-4-2-1-3-5-13/h1-9,12H,10-11H2,(H,21,23)/b9-7+,15-12+. The minimum Gasteiger partial charge on any atom is -0.450 e. The molecule has 0 unspecified atom stereocenters. The number of halogens is 1. The molecule has 1 aromatic carbocycles. The summed E-state index contributed by atoms with van der Waals surface area (Å²) >= 11 is 4.08. The van der Waals surface area contributed by atoms with E-state index in [4.69, 9.17) is 4.42 Å². The fraction of sp³-hybridized carbons (Fsp3) is 0.105. The van der Waals surface area contributed by atoms with Crippen molar-refractivity contribution in [2.45, 2.75) is 0 Å². The van der Waals surface area contributed by atoms with Crippen molar-refractivity contribution >= 4 is 56.9 Å². The fourth-order valence-electron chi connectivity index (χ4n) is 2.32. The highest BCUT2D eigenvalue weighted by Gasteiger charge is 2.34. The lowest BCUT2D eigenvalue weighted by Crippen LogP contribution is -2.36. The van der Waals surface area contributed by atoms with Crippen molar-refractivity contribution in [3.05, 3.63) is 69.4 Å². The van der Waals surface area contributed by atoms with Crippen LogP contribution in [0.2, 0.25) is 0 Å². The minimum atomic E-state index is -0.348. The Balaban J connectivity index is 1.51. The average molecular weight is 447 g/mol. The predicted molar refractivity (Wildman–Crippen MR) is 108 cm³/mol. The van der Waals surface area contributed by atoms with Gasteiger partial charge in [-0.05, 0) is 57.5 Å². The van der Waals surface area contributed by atoms with E-state index >= 15 is 0 Å². The summed E-state index contributed by atoms with van der Waals surface area (Å²) in [4.78, 5) is 37.8. The Bertz CT molecular complexity index is 921. The number of nitrogens with zero attached hydrogens (tertiary/aromatic N) is 1. The van der Waals surface area contributed by atoms with E-state index in [1.165, 1.54) is 12.2 Å². The third-order valence-corrected chi connectivity index (χ3v) is 4.93. The normalized spacial score (nSPS) is 15.9. The molecule has 0 spiro atoms. The van der Waals surface area contributed by atoms with Crippen LogP contribution in [0.4, 0.5) is 4.79 Å². The number of hydrogen-bond acceptors (Lipinski definition) is 5. The topological polar surface area (TPSA) is 79.6 Å². The van der Waals surface area contributed by atoms with Crippen molar-refractivity contribution in [1.29, 1.82) is 0 Å². The molecule has 1 fully saturated rings. The SMILES string of the molecule is O=C(/C=C/c1ccc(Br)o1)NCCN1C(=O)S/C(=C/c2ccccc2)C1=O. The molecule has 6 nitrogen and oxygen atoms in total. The molecule has 1 aliphatic rings. The summed E-state index contributed by atoms with van der Waals surface area (Å²) in [5, 5.41) is 2.30. The number of benzene rings is 1. The van der Waals surface area contributed by atoms with E-state index in [0.29, 0.717) is 15.3 Å². The van der Waals surface area contributed by atoms with Crippen LogP contribution in [0.5, 0.6) is 0 Å². The summed E-state index contributed by atoms with van der Waals surface area (Å²) in [6, 6.07) is 12.8. The number of carbonyl (C=O) groups is 3. The Labute approximate surface area is 168 Å². The summed E-state index contributed by atoms with van der Waals surface area (Å²) in [5.41, 5.74) is 0.853. The molecule has 8 heteroatoms. The van der Waals surface area contributed by atoms with E-state index in [9.17, 15) is 14.4 Å². The molecule has 0 aliphatic carbocycles. The molecule has 2 heterocycles. The molecule has 0 saturated carbocycles. The number of carbonyl (C=O) groups excluding carboxylic acids is 3. The highest BCUT2D eigenvalue weighted by Crippen LogP contribution is 2.31. The van der Waals surface area contributed by atoms with E-state index < -0.39 is 0 Å². The molecule has 3 rings (SSSR count). The van der Waals surface area contributed by atoms with Crippen LogP contribution in [0.25, 0.3) is 12.2 Å². The summed E-state index contributed by atoms with van der Waals surface area (Å²) in [6.07, 6.45) is 4.55. The van der Waals surface area contributed by atoms with E-state index in [-0.39, 0.29) is 30.1 Å². The second-order valence-electron chi connectivity index (χ2n) is 5.51. The summed E-state index contributed by atoms with van der Waals surface area (Å²) in [6.45, 7) is 0.282. The molecule has 0 radical (unpaired) electrons. The Morgan fingerprint density at radius 2 is 1.96 bits per heavy atom. The van der Waals surface area contributed by atoms with Crippen molar-refractivity contribution in [2.24, 2.45) is 0 Å². The third-order valence-electron chi connectivity index (χ3n) is 3.60. The monoisotopic (exact) mass is 446 g/mol. The largest absolute Gasteiger partial charge is 0.450 e. The molecule has 3 amide bonds. The number of amides is 3. The average Bonchev–Trinajstić information content (AvgIpc) is 3.19. The first-order valence-corrected chi connectivity index (χ1v) is 9.65. The lowest BCUT2D eigenvalue weighted by molar-refractivity contribution is -0.123. The fourth-order valence-corrected chi connectivity index (χ4v) is 3.50. The van der Waals surface area contributed by atoms with Crippen LogP contribution in [0.15, 0.2) is 62.5 Å². The summed E-state index contributed by atoms with van der Waals surface area (Å²) in [7, 11) is 0. The van der Waals surface area contributed by atoms with Crippen LogP contribution >= 0.6 is 27.7 Å². The van der Waals surface area contributed by atoms with Gasteiger partial charge in [-0.25, -0.2) is 0 Å². The Morgan fingerprint density at radius 3 is 2.67 bits per heavy atom. The van der Waals surface area contributed by atoms with Crippen LogP contribution in [0.1, 0.15) is 11.3 Å². The second kappa shape index (κ2) is 8.88. The van der Waals surface area contributed by atoms with E-state index in [1.807, 2.05) is 30.3 Å². The van der Waals surface area contributed by atoms with Crippen molar-refractivity contribution in [3.8, 4) is 0 Å². The summed E-state index contributed by atoms with van der Waals surface area (Å²) < 4.78 is 5.83. The van der Waals surface area contributed by atoms with Crippen LogP contribution in [0.3, 0.4) is 0 Å². The van der Waals surface area contributed by atoms with Gasteiger partial charge >= 0.3 is 0 Å². The van der Waals surface area contributed by atoms with Crippen molar-refractivity contribution in [3.63, 3.8) is 0 Å². The number of nitrogens with one attached hydrogen (secondary N) is 1. The van der Waals surface area contributed by atoms with Gasteiger partial charge in [-0.1, -0.05) is 30.3 Å². The predicted octanol–water partition coefficient (Wildman–Crippen LogP) is 3.91. The number of thioether (sulfide) groups is 1. The number of rotatable bonds is 6. The van der Waals surface area contributed by atoms with Crippen molar-refractivity contribution in [1.82, 2.24) is 10.2 Å². The highest BCUT2D eigenvalue weighted by molar-refractivity contribution is 9.10. The first-order valence-electron chi connectivity index (χ1n) is 8.04.